The molecular formula is C41H49N12O5-. The molecule has 0 spiro atoms. The van der Waals surface area contributed by atoms with E-state index in [4.69, 9.17) is 14.7 Å². The number of benzene rings is 2. The van der Waals surface area contributed by atoms with Gasteiger partial charge in [0, 0.05) is 88.1 Å². The molecule has 4 N–H and O–H groups in total. The maximum Gasteiger partial charge on any atom is 0.258 e. The van der Waals surface area contributed by atoms with Crippen LogP contribution in [-0.4, -0.2) is 105 Å². The molecule has 1 saturated heterocycles. The van der Waals surface area contributed by atoms with E-state index in [9.17, 15) is 19.6 Å². The maximum atomic E-state index is 13.8. The van der Waals surface area contributed by atoms with E-state index in [0.29, 0.717) is 72.2 Å². The van der Waals surface area contributed by atoms with Gasteiger partial charge in [-0.05, 0) is 86.2 Å². The third-order valence-corrected chi connectivity index (χ3v) is 11.1. The van der Waals surface area contributed by atoms with Crippen LogP contribution in [0.15, 0.2) is 54.7 Å². The van der Waals surface area contributed by atoms with Gasteiger partial charge in [0.25, 0.3) is 17.7 Å². The zero-order chi connectivity index (χ0) is 40.5. The van der Waals surface area contributed by atoms with E-state index in [0.717, 1.165) is 66.0 Å². The van der Waals surface area contributed by atoms with E-state index in [1.54, 1.807) is 27.9 Å². The Morgan fingerprint density at radius 1 is 1.02 bits per heavy atom. The number of hydrogen-bond donors (Lipinski definition) is 4. The number of hydroxylamine groups is 1. The van der Waals surface area contributed by atoms with E-state index < -0.39 is 11.9 Å². The molecule has 304 valence electrons. The normalized spacial score (nSPS) is 18.7. The van der Waals surface area contributed by atoms with Crippen molar-refractivity contribution in [1.29, 1.82) is 0 Å². The van der Waals surface area contributed by atoms with Crippen molar-refractivity contribution in [1.82, 2.24) is 45.1 Å². The number of anilines is 3. The number of hydrazine groups is 1. The van der Waals surface area contributed by atoms with Gasteiger partial charge in [0.2, 0.25) is 11.8 Å². The molecule has 0 unspecified atom stereocenters. The molecule has 3 aliphatic rings. The number of pyridine rings is 1. The summed E-state index contributed by atoms with van der Waals surface area (Å²) in [5.41, 5.74) is 9.97. The number of rotatable bonds is 9. The fourth-order valence-electron chi connectivity index (χ4n) is 7.94. The van der Waals surface area contributed by atoms with E-state index >= 15 is 0 Å². The number of carbonyl (C=O) groups is 3. The van der Waals surface area contributed by atoms with Crippen molar-refractivity contribution in [3.8, 4) is 17.1 Å². The van der Waals surface area contributed by atoms with Crippen molar-refractivity contribution in [3.63, 3.8) is 0 Å². The Hall–Kier alpha value is -6.04. The number of nitrogens with one attached hydrogen (secondary N) is 4. The minimum Gasteiger partial charge on any atom is -0.767 e. The van der Waals surface area contributed by atoms with E-state index in [-0.39, 0.29) is 24.3 Å². The van der Waals surface area contributed by atoms with Gasteiger partial charge in [-0.25, -0.2) is 9.67 Å². The van der Waals surface area contributed by atoms with Gasteiger partial charge >= 0.3 is 0 Å². The van der Waals surface area contributed by atoms with Gasteiger partial charge in [-0.1, -0.05) is 6.92 Å². The predicted octanol–water partition coefficient (Wildman–Crippen LogP) is 3.90. The van der Waals surface area contributed by atoms with Gasteiger partial charge in [0.05, 0.1) is 35.1 Å². The summed E-state index contributed by atoms with van der Waals surface area (Å²) in [6.07, 6.45) is 3.80. The van der Waals surface area contributed by atoms with Crippen molar-refractivity contribution in [2.24, 2.45) is 13.0 Å². The monoisotopic (exact) mass is 789 g/mol. The molecule has 3 amide bonds. The smallest absolute Gasteiger partial charge is 0.258 e. The predicted molar refractivity (Wildman–Crippen MR) is 220 cm³/mol. The number of likely N-dealkylation sites (N-methyl/N-ethyl adjacent to an activating group) is 1. The van der Waals surface area contributed by atoms with E-state index in [2.05, 4.69) is 48.9 Å². The van der Waals surface area contributed by atoms with Crippen LogP contribution < -0.4 is 31.0 Å². The van der Waals surface area contributed by atoms with Crippen LogP contribution in [0.1, 0.15) is 58.2 Å². The Balaban J connectivity index is 0.882. The quantitative estimate of drug-likeness (QED) is 0.158. The minimum absolute atomic E-state index is 0.149. The van der Waals surface area contributed by atoms with Crippen molar-refractivity contribution in [2.45, 2.75) is 52.2 Å². The summed E-state index contributed by atoms with van der Waals surface area (Å²) < 4.78 is 10.0. The number of fused-ring (bicyclic) bond motifs is 8. The second kappa shape index (κ2) is 16.4. The number of aryl methyl sites for hydroxylation is 2. The highest BCUT2D eigenvalue weighted by molar-refractivity contribution is 6.05. The lowest BCUT2D eigenvalue weighted by molar-refractivity contribution is -0.133. The number of aromatic nitrogens is 5. The highest BCUT2D eigenvalue weighted by Gasteiger charge is 2.38. The Morgan fingerprint density at radius 3 is 2.72 bits per heavy atom. The lowest BCUT2D eigenvalue weighted by Crippen LogP contribution is -2.56. The minimum atomic E-state index is -0.648. The second-order valence-electron chi connectivity index (χ2n) is 15.4. The molecule has 1 fully saturated rings. The summed E-state index contributed by atoms with van der Waals surface area (Å²) in [5.74, 6) is 0.517. The first-order valence-electron chi connectivity index (χ1n) is 19.8. The number of carbonyl (C=O) groups excluding carboxylic acids is 3. The lowest BCUT2D eigenvalue weighted by atomic mass is 10.1. The fraction of sp³-hybridized carbons (Fsp3) is 0.415. The van der Waals surface area contributed by atoms with Gasteiger partial charge in [-0.3, -0.25) is 35.3 Å². The largest absolute Gasteiger partial charge is 0.767 e. The van der Waals surface area contributed by atoms with Crippen LogP contribution in [0.25, 0.3) is 22.3 Å². The fourth-order valence-corrected chi connectivity index (χ4v) is 7.94. The van der Waals surface area contributed by atoms with E-state index in [1.165, 1.54) is 0 Å². The molecule has 2 aromatic carbocycles. The molecule has 0 saturated carbocycles. The average Bonchev–Trinajstić information content (AvgIpc) is 3.85. The van der Waals surface area contributed by atoms with Crippen LogP contribution in [0, 0.1) is 18.0 Å². The molecule has 6 heterocycles. The second-order valence-corrected chi connectivity index (χ2v) is 15.4. The molecular weight excluding hydrogens is 741 g/mol. The van der Waals surface area contributed by atoms with Gasteiger partial charge in [-0.15, -0.1) is 0 Å². The lowest BCUT2D eigenvalue weighted by Gasteiger charge is -2.39. The standard InChI is InChI=1S/C41H49N12O5/c1-25-6-5-17-58-40-32(22-44-50(40)4)34-20-27(18-26(2)45-34)37(54)47-41-46-33-10-7-29(21-36(33)52(41)23-25)43-13-12-42-14-16-49(3)30-8-9-31-28(19-30)24-51(39(31)56)35-11-15-53(57)48-38(35)55/h7-10,18-22,25,35,42-43H,5-6,11-17,23-24H2,1-4H3,(H,48,55)(H,46,47,54)/q-1/t25-,35+/m1/s1. The molecule has 0 aliphatic carbocycles. The average molecular weight is 790 g/mol. The van der Waals surface area contributed by atoms with Gasteiger partial charge < -0.3 is 34.9 Å². The van der Waals surface area contributed by atoms with Crippen molar-refractivity contribution < 1.29 is 19.1 Å². The molecule has 3 aliphatic heterocycles. The van der Waals surface area contributed by atoms with E-state index in [1.807, 2.05) is 51.4 Å². The third kappa shape index (κ3) is 8.05. The first kappa shape index (κ1) is 38.8. The molecule has 2 atom stereocenters. The van der Waals surface area contributed by atoms with Crippen LogP contribution in [0.4, 0.5) is 17.3 Å². The Labute approximate surface area is 336 Å². The Kier molecular flexibility index (Phi) is 11.0. The summed E-state index contributed by atoms with van der Waals surface area (Å²) in [4.78, 5) is 52.5. The number of ether oxygens (including phenoxy) is 1. The third-order valence-electron chi connectivity index (χ3n) is 11.1. The van der Waals surface area contributed by atoms with Crippen LogP contribution >= 0.6 is 0 Å². The molecule has 17 nitrogen and oxygen atoms in total. The zero-order valence-electron chi connectivity index (χ0n) is 33.2. The number of nitrogens with zero attached hydrogens (tertiary/aromatic N) is 8. The first-order valence-corrected chi connectivity index (χ1v) is 19.8. The SMILES string of the molecule is Cc1cc2cc(n1)-c1cnn(C)c1OCCC[C@@H](C)Cn1c(nc3ccc(NCCNCCN(C)c4ccc5c(c4)CN([C@H]4CCN([O-])NC4=O)C5=O)cc31)NC2=O. The van der Waals surface area contributed by atoms with Gasteiger partial charge in [0.1, 0.15) is 6.04 Å². The van der Waals surface area contributed by atoms with Crippen molar-refractivity contribution in [3.05, 3.63) is 82.3 Å². The highest BCUT2D eigenvalue weighted by atomic mass is 16.5. The molecule has 0 radical (unpaired) electrons. The molecule has 5 aromatic rings. The number of hydrogen-bond acceptors (Lipinski definition) is 12. The Morgan fingerprint density at radius 2 is 1.88 bits per heavy atom. The molecule has 8 rings (SSSR count). The highest BCUT2D eigenvalue weighted by Crippen LogP contribution is 2.32. The van der Waals surface area contributed by atoms with Gasteiger partial charge in [-0.2, -0.15) is 5.10 Å². The van der Waals surface area contributed by atoms with Crippen LogP contribution in [0.5, 0.6) is 5.88 Å². The van der Waals surface area contributed by atoms with Crippen molar-refractivity contribution in [2.75, 3.05) is 61.9 Å². The molecule has 17 heteroatoms. The summed E-state index contributed by atoms with van der Waals surface area (Å²) in [5, 5.41) is 26.6. The number of amides is 3. The van der Waals surface area contributed by atoms with Crippen LogP contribution in [0.3, 0.4) is 0 Å². The summed E-state index contributed by atoms with van der Waals surface area (Å²) in [6.45, 7) is 8.68. The maximum absolute atomic E-state index is 13.8. The van der Waals surface area contributed by atoms with Gasteiger partial charge in [0.15, 0.2) is 0 Å². The molecule has 3 aromatic heterocycles. The molecule has 2 bridgehead atoms. The summed E-state index contributed by atoms with van der Waals surface area (Å²) in [7, 11) is 3.85. The molecule has 58 heavy (non-hydrogen) atoms. The summed E-state index contributed by atoms with van der Waals surface area (Å²) in [6, 6.07) is 14.7. The Bertz CT molecular complexity index is 2360. The summed E-state index contributed by atoms with van der Waals surface area (Å²) >= 11 is 0. The number of imidazole rings is 1. The zero-order valence-corrected chi connectivity index (χ0v) is 33.2. The van der Waals surface area contributed by atoms with Crippen LogP contribution in [0.2, 0.25) is 0 Å². The first-order chi connectivity index (χ1) is 28.0. The van der Waals surface area contributed by atoms with Crippen LogP contribution in [-0.2, 0) is 24.9 Å². The topological polar surface area (TPSA) is 190 Å². The van der Waals surface area contributed by atoms with Crippen molar-refractivity contribution >= 4 is 46.1 Å².